The van der Waals surface area contributed by atoms with Crippen molar-refractivity contribution in [2.45, 2.75) is 31.8 Å². The lowest BCUT2D eigenvalue weighted by molar-refractivity contribution is -0.141. The van der Waals surface area contributed by atoms with E-state index in [4.69, 9.17) is 15.4 Å². The fourth-order valence-corrected chi connectivity index (χ4v) is 3.37. The summed E-state index contributed by atoms with van der Waals surface area (Å²) in [5, 5.41) is 0. The van der Waals surface area contributed by atoms with Crippen molar-refractivity contribution in [1.29, 1.82) is 0 Å². The van der Waals surface area contributed by atoms with Gasteiger partial charge in [0.1, 0.15) is 11.9 Å². The number of hydrogen-bond acceptors (Lipinski definition) is 4. The number of hydrogen-bond donors (Lipinski definition) is 0. The van der Waals surface area contributed by atoms with Gasteiger partial charge < -0.3 is 4.74 Å². The summed E-state index contributed by atoms with van der Waals surface area (Å²) in [7, 11) is 1.57. The molecule has 1 saturated heterocycles. The van der Waals surface area contributed by atoms with Crippen molar-refractivity contribution < 1.29 is 17.9 Å². The van der Waals surface area contributed by atoms with Gasteiger partial charge >= 0.3 is 5.97 Å². The van der Waals surface area contributed by atoms with Gasteiger partial charge in [-0.2, -0.15) is 0 Å². The number of esters is 1. The molecule has 1 heterocycles. The van der Waals surface area contributed by atoms with Crippen molar-refractivity contribution in [2.75, 3.05) is 5.75 Å². The second kappa shape index (κ2) is 3.10. The van der Waals surface area contributed by atoms with Crippen LogP contribution in [-0.4, -0.2) is 26.2 Å². The summed E-state index contributed by atoms with van der Waals surface area (Å²) in [6.45, 7) is 0. The molecule has 1 aliphatic carbocycles. The molecule has 0 N–H and O–H groups in total. The van der Waals surface area contributed by atoms with Crippen LogP contribution >= 0.6 is 10.7 Å². The zero-order valence-electron chi connectivity index (χ0n) is 7.53. The van der Waals surface area contributed by atoms with Crippen molar-refractivity contribution >= 4 is 25.7 Å². The fourth-order valence-electron chi connectivity index (χ4n) is 2.25. The summed E-state index contributed by atoms with van der Waals surface area (Å²) in [5.41, 5.74) is -0.223. The van der Waals surface area contributed by atoms with Gasteiger partial charge in [-0.15, -0.1) is 0 Å². The topological polar surface area (TPSA) is 60.4 Å². The molecule has 6 heteroatoms. The van der Waals surface area contributed by atoms with E-state index >= 15 is 0 Å². The van der Waals surface area contributed by atoms with Crippen LogP contribution in [-0.2, 0) is 18.6 Å². The van der Waals surface area contributed by atoms with Crippen LogP contribution in [0, 0.1) is 5.41 Å². The Kier molecular flexibility index (Phi) is 2.27. The summed E-state index contributed by atoms with van der Waals surface area (Å²) < 4.78 is 26.8. The predicted octanol–water partition coefficient (Wildman–Crippen LogP) is 1.04. The Morgan fingerprint density at radius 1 is 1.50 bits per heavy atom. The summed E-state index contributed by atoms with van der Waals surface area (Å²) in [6, 6.07) is 0. The van der Waals surface area contributed by atoms with E-state index in [0.29, 0.717) is 6.42 Å². The third kappa shape index (κ3) is 1.75. The number of rotatable bonds is 2. The summed E-state index contributed by atoms with van der Waals surface area (Å²) in [4.78, 5) is 11.1. The molecule has 0 radical (unpaired) electrons. The normalized spacial score (nSPS) is 30.1. The molecular weight excluding hydrogens is 228 g/mol. The molecule has 2 aliphatic rings. The number of cyclic esters (lactones) is 1. The molecule has 1 atom stereocenters. The highest BCUT2D eigenvalue weighted by atomic mass is 35.7. The summed E-state index contributed by atoms with van der Waals surface area (Å²) in [5.74, 6) is -0.546. The van der Waals surface area contributed by atoms with Crippen LogP contribution in [0.3, 0.4) is 0 Å². The summed E-state index contributed by atoms with van der Waals surface area (Å²) in [6.07, 6.45) is 2.61. The third-order valence-corrected chi connectivity index (χ3v) is 4.23. The van der Waals surface area contributed by atoms with Gasteiger partial charge in [0, 0.05) is 16.1 Å². The first kappa shape index (κ1) is 10.2. The Morgan fingerprint density at radius 3 is 2.57 bits per heavy atom. The number of halogens is 1. The van der Waals surface area contributed by atoms with Gasteiger partial charge in [0.05, 0.1) is 6.42 Å². The second-order valence-electron chi connectivity index (χ2n) is 4.08. The van der Waals surface area contributed by atoms with E-state index in [0.717, 1.165) is 19.3 Å². The maximum atomic E-state index is 11.1. The third-order valence-electron chi connectivity index (χ3n) is 3.15. The molecule has 0 aromatic heterocycles. The Morgan fingerprint density at radius 2 is 2.14 bits per heavy atom. The number of carbonyl (C=O) groups excluding carboxylic acids is 1. The first-order chi connectivity index (χ1) is 6.41. The maximum Gasteiger partial charge on any atom is 0.306 e. The molecule has 1 spiro atoms. The average Bonchev–Trinajstić information content (AvgIpc) is 2.21. The molecule has 14 heavy (non-hydrogen) atoms. The predicted molar refractivity (Wildman–Crippen MR) is 50.4 cm³/mol. The molecule has 1 unspecified atom stereocenters. The smallest absolute Gasteiger partial charge is 0.306 e. The largest absolute Gasteiger partial charge is 0.461 e. The van der Waals surface area contributed by atoms with Crippen molar-refractivity contribution in [1.82, 2.24) is 0 Å². The van der Waals surface area contributed by atoms with Crippen molar-refractivity contribution in [3.05, 3.63) is 0 Å². The highest BCUT2D eigenvalue weighted by molar-refractivity contribution is 8.13. The first-order valence-electron chi connectivity index (χ1n) is 4.53. The van der Waals surface area contributed by atoms with E-state index < -0.39 is 15.2 Å². The molecule has 2 rings (SSSR count). The monoisotopic (exact) mass is 238 g/mol. The lowest BCUT2D eigenvalue weighted by Gasteiger charge is -2.40. The lowest BCUT2D eigenvalue weighted by Crippen LogP contribution is -2.40. The van der Waals surface area contributed by atoms with Crippen molar-refractivity contribution in [2.24, 2.45) is 5.41 Å². The minimum absolute atomic E-state index is 0.223. The molecule has 0 amide bonds. The Bertz CT molecular complexity index is 358. The van der Waals surface area contributed by atoms with Crippen LogP contribution in [0.2, 0.25) is 0 Å². The van der Waals surface area contributed by atoms with Crippen LogP contribution in [0.5, 0.6) is 0 Å². The highest BCUT2D eigenvalue weighted by Crippen LogP contribution is 2.52. The SMILES string of the molecule is O=C1CC2(CCC2)C(CS(=O)(=O)Cl)O1. The van der Waals surface area contributed by atoms with Crippen LogP contribution in [0.15, 0.2) is 0 Å². The minimum atomic E-state index is -3.58. The van der Waals surface area contributed by atoms with Crippen LogP contribution in [0.25, 0.3) is 0 Å². The fraction of sp³-hybridized carbons (Fsp3) is 0.875. The standard InChI is InChI=1S/C8H11ClO4S/c9-14(11,12)5-6-8(2-1-3-8)4-7(10)13-6/h6H,1-5H2. The van der Waals surface area contributed by atoms with E-state index in [9.17, 15) is 13.2 Å². The minimum Gasteiger partial charge on any atom is -0.461 e. The van der Waals surface area contributed by atoms with Gasteiger partial charge in [0.15, 0.2) is 0 Å². The molecule has 4 nitrogen and oxygen atoms in total. The molecule has 0 aromatic carbocycles. The van der Waals surface area contributed by atoms with Crippen LogP contribution in [0.1, 0.15) is 25.7 Å². The van der Waals surface area contributed by atoms with Gasteiger partial charge in [-0.05, 0) is 12.8 Å². The van der Waals surface area contributed by atoms with Gasteiger partial charge in [0.2, 0.25) is 9.05 Å². The van der Waals surface area contributed by atoms with Gasteiger partial charge in [-0.25, -0.2) is 8.42 Å². The van der Waals surface area contributed by atoms with Crippen molar-refractivity contribution in [3.63, 3.8) is 0 Å². The van der Waals surface area contributed by atoms with Gasteiger partial charge in [-0.1, -0.05) is 6.42 Å². The molecule has 80 valence electrons. The number of carbonyl (C=O) groups is 1. The second-order valence-corrected chi connectivity index (χ2v) is 6.90. The molecule has 1 aliphatic heterocycles. The van der Waals surface area contributed by atoms with E-state index in [-0.39, 0.29) is 17.1 Å². The average molecular weight is 239 g/mol. The van der Waals surface area contributed by atoms with Gasteiger partial charge in [-0.3, -0.25) is 4.79 Å². The molecule has 0 bridgehead atoms. The van der Waals surface area contributed by atoms with E-state index in [1.54, 1.807) is 0 Å². The van der Waals surface area contributed by atoms with E-state index in [1.807, 2.05) is 0 Å². The number of ether oxygens (including phenoxy) is 1. The van der Waals surface area contributed by atoms with E-state index in [2.05, 4.69) is 0 Å². The van der Waals surface area contributed by atoms with Crippen LogP contribution < -0.4 is 0 Å². The quantitative estimate of drug-likeness (QED) is 0.533. The maximum absolute atomic E-state index is 11.1. The van der Waals surface area contributed by atoms with E-state index in [1.165, 1.54) is 0 Å². The summed E-state index contributed by atoms with van der Waals surface area (Å²) >= 11 is 0. The zero-order chi connectivity index (χ0) is 10.4. The first-order valence-corrected chi connectivity index (χ1v) is 7.01. The van der Waals surface area contributed by atoms with Crippen LogP contribution in [0.4, 0.5) is 0 Å². The lowest BCUT2D eigenvalue weighted by atomic mass is 9.65. The molecular formula is C8H11ClO4S. The Balaban J connectivity index is 2.14. The molecule has 1 saturated carbocycles. The van der Waals surface area contributed by atoms with Gasteiger partial charge in [0.25, 0.3) is 0 Å². The molecule has 0 aromatic rings. The molecule has 2 fully saturated rings. The highest BCUT2D eigenvalue weighted by Gasteiger charge is 2.53. The zero-order valence-corrected chi connectivity index (χ0v) is 9.10. The Labute approximate surface area is 87.0 Å². The van der Waals surface area contributed by atoms with Crippen molar-refractivity contribution in [3.8, 4) is 0 Å². The Hall–Kier alpha value is -0.290.